The summed E-state index contributed by atoms with van der Waals surface area (Å²) < 4.78 is 0. The molecule has 0 aromatic rings. The molecule has 0 aromatic heterocycles. The maximum Gasteiger partial charge on any atom is 0.151 e. The summed E-state index contributed by atoms with van der Waals surface area (Å²) >= 11 is 0. The Balaban J connectivity index is 2.45. The number of fused-ring (bicyclic) bond motifs is 1. The van der Waals surface area contributed by atoms with Gasteiger partial charge in [0.15, 0.2) is 5.78 Å². The Hall–Kier alpha value is -0.840. The number of hydrogen-bond donors (Lipinski definition) is 0. The quantitative estimate of drug-likeness (QED) is 0.569. The van der Waals surface area contributed by atoms with Gasteiger partial charge in [0.25, 0.3) is 0 Å². The summed E-state index contributed by atoms with van der Waals surface area (Å²) in [6.45, 7) is 4.30. The van der Waals surface area contributed by atoms with Gasteiger partial charge in [-0.3, -0.25) is 4.79 Å². The van der Waals surface area contributed by atoms with Crippen molar-refractivity contribution in [2.75, 3.05) is 0 Å². The molecule has 0 spiro atoms. The summed E-state index contributed by atoms with van der Waals surface area (Å²) in [6, 6.07) is 2.20. The lowest BCUT2D eigenvalue weighted by Crippen LogP contribution is -2.31. The molecular formula is C11H15NO. The Morgan fingerprint density at radius 2 is 2.15 bits per heavy atom. The van der Waals surface area contributed by atoms with Crippen molar-refractivity contribution in [3.8, 4) is 6.07 Å². The second-order valence-corrected chi connectivity index (χ2v) is 5.04. The van der Waals surface area contributed by atoms with Crippen LogP contribution in [0.1, 0.15) is 39.5 Å². The molecule has 3 atom stereocenters. The normalized spacial score (nSPS) is 49.0. The van der Waals surface area contributed by atoms with Gasteiger partial charge in [-0.25, -0.2) is 0 Å². The van der Waals surface area contributed by atoms with Crippen molar-refractivity contribution >= 4 is 5.78 Å². The smallest absolute Gasteiger partial charge is 0.151 e. The molecule has 13 heavy (non-hydrogen) atoms. The van der Waals surface area contributed by atoms with E-state index in [1.54, 1.807) is 0 Å². The van der Waals surface area contributed by atoms with Gasteiger partial charge in [-0.2, -0.15) is 5.26 Å². The average Bonchev–Trinajstić information content (AvgIpc) is 2.37. The monoisotopic (exact) mass is 177 g/mol. The number of carbonyl (C=O) groups is 1. The fraction of sp³-hybridized carbons (Fsp3) is 0.818. The van der Waals surface area contributed by atoms with E-state index in [9.17, 15) is 4.79 Å². The predicted octanol–water partition coefficient (Wildman–Crippen LogP) is 2.30. The van der Waals surface area contributed by atoms with E-state index in [-0.39, 0.29) is 22.5 Å². The topological polar surface area (TPSA) is 40.9 Å². The van der Waals surface area contributed by atoms with Gasteiger partial charge in [-0.05, 0) is 23.7 Å². The zero-order valence-electron chi connectivity index (χ0n) is 8.26. The van der Waals surface area contributed by atoms with E-state index < -0.39 is 0 Å². The summed E-state index contributed by atoms with van der Waals surface area (Å²) in [6.07, 6.45) is 3.97. The Morgan fingerprint density at radius 3 is 2.77 bits per heavy atom. The van der Waals surface area contributed by atoms with E-state index in [0.717, 1.165) is 12.8 Å². The van der Waals surface area contributed by atoms with Crippen molar-refractivity contribution in [2.24, 2.45) is 16.7 Å². The van der Waals surface area contributed by atoms with Crippen molar-refractivity contribution in [1.29, 1.82) is 5.26 Å². The number of Topliss-reactive ketones (excluding diaryl/α,β-unsaturated/α-hetero) is 1. The minimum atomic E-state index is -0.333. The molecule has 2 aliphatic carbocycles. The molecule has 0 bridgehead atoms. The highest BCUT2D eigenvalue weighted by Gasteiger charge is 2.61. The minimum Gasteiger partial charge on any atom is -0.298 e. The largest absolute Gasteiger partial charge is 0.298 e. The van der Waals surface area contributed by atoms with Crippen LogP contribution >= 0.6 is 0 Å². The summed E-state index contributed by atoms with van der Waals surface area (Å²) in [4.78, 5) is 11.6. The highest BCUT2D eigenvalue weighted by atomic mass is 16.1. The third-order valence-electron chi connectivity index (χ3n) is 4.46. The molecule has 2 rings (SSSR count). The summed E-state index contributed by atoms with van der Waals surface area (Å²) in [5, 5.41) is 8.99. The fourth-order valence-corrected chi connectivity index (χ4v) is 3.27. The molecule has 0 amide bonds. The Bertz CT molecular complexity index is 304. The van der Waals surface area contributed by atoms with Gasteiger partial charge >= 0.3 is 0 Å². The molecule has 2 heteroatoms. The lowest BCUT2D eigenvalue weighted by atomic mass is 9.67. The molecule has 0 radical (unpaired) electrons. The second kappa shape index (κ2) is 2.35. The summed E-state index contributed by atoms with van der Waals surface area (Å²) in [5.74, 6) is -0.160. The van der Waals surface area contributed by atoms with Crippen molar-refractivity contribution < 1.29 is 4.79 Å². The fourth-order valence-electron chi connectivity index (χ4n) is 3.27. The Morgan fingerprint density at radius 1 is 1.46 bits per heavy atom. The molecule has 0 N–H and O–H groups in total. The maximum atomic E-state index is 11.6. The first kappa shape index (κ1) is 8.74. The van der Waals surface area contributed by atoms with Gasteiger partial charge in [-0.1, -0.05) is 20.3 Å². The highest BCUT2D eigenvalue weighted by Crippen LogP contribution is 2.63. The lowest BCUT2D eigenvalue weighted by molar-refractivity contribution is -0.120. The van der Waals surface area contributed by atoms with Crippen molar-refractivity contribution in [3.63, 3.8) is 0 Å². The molecule has 2 fully saturated rings. The van der Waals surface area contributed by atoms with E-state index in [2.05, 4.69) is 19.9 Å². The van der Waals surface area contributed by atoms with Crippen LogP contribution in [0.15, 0.2) is 0 Å². The van der Waals surface area contributed by atoms with E-state index in [4.69, 9.17) is 5.26 Å². The van der Waals surface area contributed by atoms with E-state index in [1.165, 1.54) is 6.42 Å². The van der Waals surface area contributed by atoms with Gasteiger partial charge in [0.1, 0.15) is 5.92 Å². The number of rotatable bonds is 0. The Kier molecular flexibility index (Phi) is 1.58. The van der Waals surface area contributed by atoms with Crippen LogP contribution in [0.4, 0.5) is 0 Å². The maximum absolute atomic E-state index is 11.6. The molecule has 70 valence electrons. The molecule has 0 aliphatic heterocycles. The van der Waals surface area contributed by atoms with Crippen LogP contribution in [-0.2, 0) is 4.79 Å². The molecule has 2 saturated carbocycles. The number of nitrogens with zero attached hydrogens (tertiary/aromatic N) is 1. The summed E-state index contributed by atoms with van der Waals surface area (Å²) in [7, 11) is 0. The number of carbonyl (C=O) groups excluding carboxylic acids is 1. The van der Waals surface area contributed by atoms with Gasteiger partial charge in [0.2, 0.25) is 0 Å². The molecule has 1 unspecified atom stereocenters. The zero-order valence-corrected chi connectivity index (χ0v) is 8.26. The van der Waals surface area contributed by atoms with Gasteiger partial charge in [-0.15, -0.1) is 0 Å². The lowest BCUT2D eigenvalue weighted by Gasteiger charge is -2.35. The van der Waals surface area contributed by atoms with Crippen molar-refractivity contribution in [1.82, 2.24) is 0 Å². The predicted molar refractivity (Wildman–Crippen MR) is 48.8 cm³/mol. The van der Waals surface area contributed by atoms with Crippen LogP contribution in [0.5, 0.6) is 0 Å². The molecule has 2 aliphatic rings. The standard InChI is InChI=1S/C11H15NO/c1-10-4-3-5-11(10,2)8(7-12)9(13)6-10/h8H,3-6H2,1-2H3/t8?,10-,11+/m0/s1. The Labute approximate surface area is 78.9 Å². The van der Waals surface area contributed by atoms with Crippen LogP contribution in [0.25, 0.3) is 0 Å². The van der Waals surface area contributed by atoms with Gasteiger partial charge in [0, 0.05) is 6.42 Å². The SMILES string of the molecule is C[C@@]12CCC[C@]1(C)C(C#N)C(=O)C2. The van der Waals surface area contributed by atoms with Crippen LogP contribution in [0, 0.1) is 28.1 Å². The highest BCUT2D eigenvalue weighted by molar-refractivity contribution is 5.88. The third kappa shape index (κ3) is 0.852. The van der Waals surface area contributed by atoms with Crippen LogP contribution in [0.2, 0.25) is 0 Å². The second-order valence-electron chi connectivity index (χ2n) is 5.04. The van der Waals surface area contributed by atoms with Crippen LogP contribution < -0.4 is 0 Å². The third-order valence-corrected chi connectivity index (χ3v) is 4.46. The first-order valence-corrected chi connectivity index (χ1v) is 4.96. The first-order valence-electron chi connectivity index (χ1n) is 4.96. The number of hydrogen-bond acceptors (Lipinski definition) is 2. The van der Waals surface area contributed by atoms with E-state index in [1.807, 2.05) is 0 Å². The van der Waals surface area contributed by atoms with Gasteiger partial charge in [0.05, 0.1) is 6.07 Å². The van der Waals surface area contributed by atoms with Crippen molar-refractivity contribution in [3.05, 3.63) is 0 Å². The van der Waals surface area contributed by atoms with Crippen LogP contribution in [-0.4, -0.2) is 5.78 Å². The van der Waals surface area contributed by atoms with E-state index >= 15 is 0 Å². The molecule has 2 nitrogen and oxygen atoms in total. The van der Waals surface area contributed by atoms with E-state index in [0.29, 0.717) is 6.42 Å². The molecular weight excluding hydrogens is 162 g/mol. The number of nitriles is 1. The van der Waals surface area contributed by atoms with Gasteiger partial charge < -0.3 is 0 Å². The first-order chi connectivity index (χ1) is 6.03. The summed E-state index contributed by atoms with van der Waals surface area (Å²) in [5.41, 5.74) is 0.0866. The number of ketones is 1. The zero-order chi connectivity index (χ0) is 9.69. The minimum absolute atomic E-state index is 0.0289. The molecule has 0 heterocycles. The average molecular weight is 177 g/mol. The molecule has 0 saturated heterocycles. The van der Waals surface area contributed by atoms with Crippen molar-refractivity contribution in [2.45, 2.75) is 39.5 Å². The van der Waals surface area contributed by atoms with Crippen LogP contribution in [0.3, 0.4) is 0 Å². The molecule has 0 aromatic carbocycles.